The van der Waals surface area contributed by atoms with E-state index in [1.54, 1.807) is 31.2 Å². The van der Waals surface area contributed by atoms with Gasteiger partial charge in [0, 0.05) is 7.05 Å². The molecule has 20 heavy (non-hydrogen) atoms. The van der Waals surface area contributed by atoms with Crippen molar-refractivity contribution in [3.8, 4) is 5.69 Å². The molecule has 106 valence electrons. The molecule has 1 aromatic carbocycles. The molecule has 0 fully saturated rings. The second-order valence-corrected chi connectivity index (χ2v) is 4.76. The quantitative estimate of drug-likeness (QED) is 0.782. The number of alkyl halides is 3. The first-order chi connectivity index (χ1) is 9.21. The van der Waals surface area contributed by atoms with Crippen molar-refractivity contribution in [3.63, 3.8) is 0 Å². The number of hydrogen-bond donors (Lipinski definition) is 0. The Labute approximate surface area is 119 Å². The fourth-order valence-corrected chi connectivity index (χ4v) is 2.02. The first kappa shape index (κ1) is 14.5. The summed E-state index contributed by atoms with van der Waals surface area (Å²) in [5.74, 6) is -1.04. The first-order valence-electron chi connectivity index (χ1n) is 5.71. The molecular formula is C13H12F3N3S. The molecule has 3 nitrogen and oxygen atoms in total. The second-order valence-electron chi connectivity index (χ2n) is 4.39. The minimum Gasteiger partial charge on any atom is -0.264 e. The van der Waals surface area contributed by atoms with Crippen LogP contribution < -0.4 is 0 Å². The van der Waals surface area contributed by atoms with Crippen molar-refractivity contribution in [2.45, 2.75) is 13.1 Å². The van der Waals surface area contributed by atoms with Gasteiger partial charge in [-0.05, 0) is 36.8 Å². The summed E-state index contributed by atoms with van der Waals surface area (Å²) < 4.78 is 41.0. The lowest BCUT2D eigenvalue weighted by Gasteiger charge is -2.10. The highest BCUT2D eigenvalue weighted by Gasteiger charge is 2.38. The van der Waals surface area contributed by atoms with Crippen LogP contribution in [0.1, 0.15) is 18.3 Å². The predicted molar refractivity (Wildman–Crippen MR) is 73.1 cm³/mol. The molecule has 1 aromatic heterocycles. The van der Waals surface area contributed by atoms with Gasteiger partial charge < -0.3 is 0 Å². The topological polar surface area (TPSA) is 22.8 Å². The summed E-state index contributed by atoms with van der Waals surface area (Å²) in [6.07, 6.45) is -4.58. The molecule has 0 amide bonds. The molecule has 1 heterocycles. The Bertz CT molecular complexity index is 725. The predicted octanol–water partition coefficient (Wildman–Crippen LogP) is 3.99. The van der Waals surface area contributed by atoms with Crippen LogP contribution in [0.5, 0.6) is 0 Å². The first-order valence-corrected chi connectivity index (χ1v) is 6.12. The molecular weight excluding hydrogens is 287 g/mol. The minimum absolute atomic E-state index is 0.0174. The smallest absolute Gasteiger partial charge is 0.264 e. The van der Waals surface area contributed by atoms with Crippen LogP contribution >= 0.6 is 12.2 Å². The highest BCUT2D eigenvalue weighted by molar-refractivity contribution is 7.71. The van der Waals surface area contributed by atoms with Crippen molar-refractivity contribution in [1.29, 1.82) is 0 Å². The Kier molecular flexibility index (Phi) is 3.56. The number of benzene rings is 1. The number of halogens is 3. The van der Waals surface area contributed by atoms with Gasteiger partial charge in [0.1, 0.15) is 0 Å². The highest BCUT2D eigenvalue weighted by atomic mass is 32.1. The lowest BCUT2D eigenvalue weighted by Crippen LogP contribution is -2.14. The average molecular weight is 299 g/mol. The third-order valence-electron chi connectivity index (χ3n) is 2.78. The minimum atomic E-state index is -4.58. The molecule has 0 saturated carbocycles. The number of nitrogens with zero attached hydrogens (tertiary/aromatic N) is 3. The molecule has 0 radical (unpaired) electrons. The van der Waals surface area contributed by atoms with E-state index in [-0.39, 0.29) is 4.77 Å². The molecule has 0 N–H and O–H groups in total. The molecule has 0 bridgehead atoms. The van der Waals surface area contributed by atoms with Crippen LogP contribution in [-0.4, -0.2) is 14.3 Å². The van der Waals surface area contributed by atoms with Crippen LogP contribution in [0.15, 0.2) is 30.8 Å². The van der Waals surface area contributed by atoms with E-state index in [1.165, 1.54) is 7.05 Å². The molecule has 0 unspecified atom stereocenters. The van der Waals surface area contributed by atoms with E-state index in [0.717, 1.165) is 20.4 Å². The Hall–Kier alpha value is -1.89. The van der Waals surface area contributed by atoms with Crippen LogP contribution in [0, 0.1) is 4.77 Å². The van der Waals surface area contributed by atoms with Gasteiger partial charge in [-0.1, -0.05) is 24.3 Å². The maximum Gasteiger partial charge on any atom is 0.452 e. The van der Waals surface area contributed by atoms with Crippen molar-refractivity contribution < 1.29 is 13.2 Å². The number of aromatic nitrogens is 3. The van der Waals surface area contributed by atoms with Gasteiger partial charge in [0.2, 0.25) is 10.6 Å². The Morgan fingerprint density at radius 2 is 2.00 bits per heavy atom. The zero-order valence-electron chi connectivity index (χ0n) is 10.9. The molecule has 0 atom stereocenters. The fraction of sp³-hybridized carbons (Fsp3) is 0.231. The molecule has 2 aromatic rings. The van der Waals surface area contributed by atoms with Gasteiger partial charge in [-0.2, -0.15) is 13.2 Å². The van der Waals surface area contributed by atoms with Crippen molar-refractivity contribution >= 4 is 17.8 Å². The number of allylic oxidation sites excluding steroid dienone is 1. The third-order valence-corrected chi connectivity index (χ3v) is 3.22. The standard InChI is InChI=1S/C13H12F3N3S/c1-8(2)9-5-4-6-10(7-9)19-11(13(14,15)16)17-18(3)12(19)20/h4-7H,1H2,2-3H3. The maximum absolute atomic E-state index is 13.0. The number of hydrogen-bond acceptors (Lipinski definition) is 2. The monoisotopic (exact) mass is 299 g/mol. The zero-order valence-corrected chi connectivity index (χ0v) is 11.7. The number of rotatable bonds is 2. The molecule has 2 rings (SSSR count). The van der Waals surface area contributed by atoms with Crippen LogP contribution in [0.3, 0.4) is 0 Å². The number of aryl methyl sites for hydroxylation is 1. The molecule has 0 spiro atoms. The van der Waals surface area contributed by atoms with Crippen molar-refractivity contribution in [2.75, 3.05) is 0 Å². The van der Waals surface area contributed by atoms with E-state index in [1.807, 2.05) is 0 Å². The Balaban J connectivity index is 2.73. The van der Waals surface area contributed by atoms with E-state index in [0.29, 0.717) is 5.69 Å². The summed E-state index contributed by atoms with van der Waals surface area (Å²) in [4.78, 5) is 0. The lowest BCUT2D eigenvalue weighted by atomic mass is 10.1. The highest BCUT2D eigenvalue weighted by Crippen LogP contribution is 2.30. The third kappa shape index (κ3) is 2.53. The molecule has 0 aliphatic carbocycles. The van der Waals surface area contributed by atoms with E-state index in [9.17, 15) is 13.2 Å². The second kappa shape index (κ2) is 4.90. The van der Waals surface area contributed by atoms with E-state index in [4.69, 9.17) is 12.2 Å². The van der Waals surface area contributed by atoms with Gasteiger partial charge in [-0.3, -0.25) is 4.57 Å². The summed E-state index contributed by atoms with van der Waals surface area (Å²) >= 11 is 5.01. The molecule has 7 heteroatoms. The van der Waals surface area contributed by atoms with Crippen molar-refractivity contribution in [1.82, 2.24) is 14.3 Å². The zero-order chi connectivity index (χ0) is 15.1. The van der Waals surface area contributed by atoms with Gasteiger partial charge in [-0.25, -0.2) is 4.68 Å². The van der Waals surface area contributed by atoms with E-state index in [2.05, 4.69) is 11.7 Å². The SMILES string of the molecule is C=C(C)c1cccc(-n2c(C(F)(F)F)nn(C)c2=S)c1. The summed E-state index contributed by atoms with van der Waals surface area (Å²) in [6, 6.07) is 6.60. The Morgan fingerprint density at radius 1 is 1.35 bits per heavy atom. The van der Waals surface area contributed by atoms with Gasteiger partial charge in [-0.15, -0.1) is 5.10 Å². The van der Waals surface area contributed by atoms with Crippen LogP contribution in [-0.2, 0) is 13.2 Å². The summed E-state index contributed by atoms with van der Waals surface area (Å²) in [6.45, 7) is 5.56. The largest absolute Gasteiger partial charge is 0.452 e. The maximum atomic E-state index is 13.0. The van der Waals surface area contributed by atoms with Crippen molar-refractivity contribution in [2.24, 2.45) is 7.05 Å². The van der Waals surface area contributed by atoms with E-state index >= 15 is 0 Å². The molecule has 0 saturated heterocycles. The fourth-order valence-electron chi connectivity index (χ4n) is 1.79. The van der Waals surface area contributed by atoms with Gasteiger partial charge >= 0.3 is 6.18 Å². The summed E-state index contributed by atoms with van der Waals surface area (Å²) in [5, 5.41) is 3.46. The summed E-state index contributed by atoms with van der Waals surface area (Å²) in [7, 11) is 1.39. The normalized spacial score (nSPS) is 11.7. The van der Waals surface area contributed by atoms with Crippen LogP contribution in [0.2, 0.25) is 0 Å². The van der Waals surface area contributed by atoms with Gasteiger partial charge in [0.15, 0.2) is 0 Å². The Morgan fingerprint density at radius 3 is 2.55 bits per heavy atom. The average Bonchev–Trinajstić information content (AvgIpc) is 2.66. The van der Waals surface area contributed by atoms with E-state index < -0.39 is 12.0 Å². The van der Waals surface area contributed by atoms with Crippen molar-refractivity contribution in [3.05, 3.63) is 47.0 Å². The van der Waals surface area contributed by atoms with Crippen LogP contribution in [0.4, 0.5) is 13.2 Å². The molecule has 0 aliphatic rings. The van der Waals surface area contributed by atoms with Gasteiger partial charge in [0.05, 0.1) is 5.69 Å². The molecule has 0 aliphatic heterocycles. The summed E-state index contributed by atoms with van der Waals surface area (Å²) in [5.41, 5.74) is 1.83. The van der Waals surface area contributed by atoms with Gasteiger partial charge in [0.25, 0.3) is 0 Å². The lowest BCUT2D eigenvalue weighted by molar-refractivity contribution is -0.146. The van der Waals surface area contributed by atoms with Crippen LogP contribution in [0.25, 0.3) is 11.3 Å².